The van der Waals surface area contributed by atoms with E-state index in [0.717, 1.165) is 43.9 Å². The van der Waals surface area contributed by atoms with Crippen LogP contribution >= 0.6 is 15.9 Å². The zero-order chi connectivity index (χ0) is 14.8. The summed E-state index contributed by atoms with van der Waals surface area (Å²) in [5, 5.41) is 0. The van der Waals surface area contributed by atoms with Crippen molar-refractivity contribution in [2.24, 2.45) is 5.73 Å². The largest absolute Gasteiger partial charge is 0.379 e. The number of hydrogen-bond donors (Lipinski definition) is 1. The summed E-state index contributed by atoms with van der Waals surface area (Å²) in [7, 11) is 0. The maximum atomic E-state index is 5.95. The lowest BCUT2D eigenvalue weighted by Crippen LogP contribution is -2.44. The van der Waals surface area contributed by atoms with E-state index in [1.54, 1.807) is 0 Å². The first-order chi connectivity index (χ1) is 10.1. The van der Waals surface area contributed by atoms with E-state index >= 15 is 0 Å². The first-order valence-electron chi connectivity index (χ1n) is 7.77. The Morgan fingerprint density at radius 2 is 2.05 bits per heavy atom. The van der Waals surface area contributed by atoms with Crippen molar-refractivity contribution in [3.8, 4) is 0 Å². The van der Waals surface area contributed by atoms with Crippen LogP contribution in [0.2, 0.25) is 0 Å². The molecule has 0 amide bonds. The lowest BCUT2D eigenvalue weighted by Gasteiger charge is -2.32. The highest BCUT2D eigenvalue weighted by Gasteiger charge is 2.29. The fourth-order valence-corrected chi connectivity index (χ4v) is 3.91. The first-order valence-corrected chi connectivity index (χ1v) is 8.56. The van der Waals surface area contributed by atoms with Crippen LogP contribution in [-0.2, 0) is 4.74 Å². The third kappa shape index (κ3) is 3.42. The number of halogens is 1. The number of nitrogens with two attached hydrogens (primary N) is 1. The number of nitrogens with zero attached hydrogens (tertiary/aromatic N) is 2. The minimum Gasteiger partial charge on any atom is -0.379 e. The number of anilines is 1. The standard InChI is InChI=1S/C16H24BrN3O/c1-12(18)13-2-3-16(15(17)10-13)20-5-4-14(11-20)19-6-8-21-9-7-19/h2-3,10,12,14H,4-9,11,18H2,1H3/t12-,14?/m0/s1. The van der Waals surface area contributed by atoms with Crippen LogP contribution in [0, 0.1) is 0 Å². The van der Waals surface area contributed by atoms with Gasteiger partial charge >= 0.3 is 0 Å². The molecular formula is C16H24BrN3O. The summed E-state index contributed by atoms with van der Waals surface area (Å²) in [6, 6.07) is 7.24. The molecule has 1 aromatic rings. The van der Waals surface area contributed by atoms with Crippen LogP contribution < -0.4 is 10.6 Å². The monoisotopic (exact) mass is 353 g/mol. The molecule has 0 bridgehead atoms. The van der Waals surface area contributed by atoms with Crippen LogP contribution in [0.15, 0.2) is 22.7 Å². The predicted molar refractivity (Wildman–Crippen MR) is 89.8 cm³/mol. The van der Waals surface area contributed by atoms with Gasteiger partial charge in [-0.15, -0.1) is 0 Å². The molecule has 2 heterocycles. The van der Waals surface area contributed by atoms with Crippen molar-refractivity contribution in [3.05, 3.63) is 28.2 Å². The minimum atomic E-state index is 0.0787. The maximum absolute atomic E-state index is 5.95. The first kappa shape index (κ1) is 15.3. The molecule has 1 unspecified atom stereocenters. The molecule has 2 aliphatic heterocycles. The summed E-state index contributed by atoms with van der Waals surface area (Å²) in [6.45, 7) is 8.15. The highest BCUT2D eigenvalue weighted by molar-refractivity contribution is 9.10. The summed E-state index contributed by atoms with van der Waals surface area (Å²) in [5.41, 5.74) is 8.42. The predicted octanol–water partition coefficient (Wildman–Crippen LogP) is 2.38. The molecule has 5 heteroatoms. The average Bonchev–Trinajstić information content (AvgIpc) is 2.97. The highest BCUT2D eigenvalue weighted by atomic mass is 79.9. The van der Waals surface area contributed by atoms with E-state index in [1.807, 2.05) is 6.92 Å². The molecule has 0 saturated carbocycles. The Labute approximate surface area is 135 Å². The molecule has 2 saturated heterocycles. The van der Waals surface area contributed by atoms with Crippen molar-refractivity contribution in [2.45, 2.75) is 25.4 Å². The van der Waals surface area contributed by atoms with Crippen LogP contribution in [0.25, 0.3) is 0 Å². The van der Waals surface area contributed by atoms with E-state index in [0.29, 0.717) is 6.04 Å². The molecule has 21 heavy (non-hydrogen) atoms. The van der Waals surface area contributed by atoms with Crippen molar-refractivity contribution in [3.63, 3.8) is 0 Å². The van der Waals surface area contributed by atoms with Gasteiger partial charge in [0.25, 0.3) is 0 Å². The zero-order valence-corrected chi connectivity index (χ0v) is 14.2. The van der Waals surface area contributed by atoms with Gasteiger partial charge in [0.1, 0.15) is 0 Å². The lowest BCUT2D eigenvalue weighted by molar-refractivity contribution is 0.0209. The summed E-state index contributed by atoms with van der Waals surface area (Å²) in [4.78, 5) is 5.06. The summed E-state index contributed by atoms with van der Waals surface area (Å²) >= 11 is 3.71. The van der Waals surface area contributed by atoms with E-state index in [9.17, 15) is 0 Å². The van der Waals surface area contributed by atoms with E-state index < -0.39 is 0 Å². The molecule has 2 aliphatic rings. The number of morpholine rings is 1. The van der Waals surface area contributed by atoms with Crippen molar-refractivity contribution >= 4 is 21.6 Å². The topological polar surface area (TPSA) is 41.7 Å². The number of hydrogen-bond acceptors (Lipinski definition) is 4. The van der Waals surface area contributed by atoms with Gasteiger partial charge in [-0.2, -0.15) is 0 Å². The van der Waals surface area contributed by atoms with Gasteiger partial charge in [0.15, 0.2) is 0 Å². The Hall–Kier alpha value is -0.620. The molecule has 2 N–H and O–H groups in total. The average molecular weight is 354 g/mol. The van der Waals surface area contributed by atoms with Crippen LogP contribution in [0.4, 0.5) is 5.69 Å². The van der Waals surface area contributed by atoms with Crippen molar-refractivity contribution in [1.82, 2.24) is 4.90 Å². The number of ether oxygens (including phenoxy) is 1. The molecular weight excluding hydrogens is 330 g/mol. The van der Waals surface area contributed by atoms with Gasteiger partial charge < -0.3 is 15.4 Å². The maximum Gasteiger partial charge on any atom is 0.0594 e. The van der Waals surface area contributed by atoms with E-state index in [1.165, 1.54) is 17.7 Å². The smallest absolute Gasteiger partial charge is 0.0594 e. The minimum absolute atomic E-state index is 0.0787. The second-order valence-corrected chi connectivity index (χ2v) is 6.89. The zero-order valence-electron chi connectivity index (χ0n) is 12.6. The molecule has 116 valence electrons. The van der Waals surface area contributed by atoms with E-state index in [2.05, 4.69) is 43.9 Å². The molecule has 0 aromatic heterocycles. The quantitative estimate of drug-likeness (QED) is 0.905. The summed E-state index contributed by atoms with van der Waals surface area (Å²) in [6.07, 6.45) is 1.24. The summed E-state index contributed by atoms with van der Waals surface area (Å²) < 4.78 is 6.60. The van der Waals surface area contributed by atoms with Crippen LogP contribution in [0.3, 0.4) is 0 Å². The Balaban J connectivity index is 1.68. The van der Waals surface area contributed by atoms with Crippen LogP contribution in [0.1, 0.15) is 24.9 Å². The van der Waals surface area contributed by atoms with Crippen molar-refractivity contribution < 1.29 is 4.74 Å². The third-order valence-corrected chi connectivity index (χ3v) is 5.20. The molecule has 0 radical (unpaired) electrons. The van der Waals surface area contributed by atoms with Crippen LogP contribution in [0.5, 0.6) is 0 Å². The second kappa shape index (κ2) is 6.65. The van der Waals surface area contributed by atoms with Crippen molar-refractivity contribution in [2.75, 3.05) is 44.3 Å². The van der Waals surface area contributed by atoms with E-state index in [4.69, 9.17) is 10.5 Å². The van der Waals surface area contributed by atoms with Gasteiger partial charge in [0.05, 0.1) is 18.9 Å². The van der Waals surface area contributed by atoms with Crippen molar-refractivity contribution in [1.29, 1.82) is 0 Å². The molecule has 2 atom stereocenters. The lowest BCUT2D eigenvalue weighted by atomic mass is 10.1. The molecule has 3 rings (SSSR count). The molecule has 0 spiro atoms. The van der Waals surface area contributed by atoms with Gasteiger partial charge in [-0.3, -0.25) is 4.90 Å². The summed E-state index contributed by atoms with van der Waals surface area (Å²) in [5.74, 6) is 0. The Kier molecular flexibility index (Phi) is 4.84. The molecule has 2 fully saturated rings. The van der Waals surface area contributed by atoms with Gasteiger partial charge in [-0.05, 0) is 47.0 Å². The molecule has 4 nitrogen and oxygen atoms in total. The molecule has 1 aromatic carbocycles. The van der Waals surface area contributed by atoms with Gasteiger partial charge in [0.2, 0.25) is 0 Å². The SMILES string of the molecule is C[C@H](N)c1ccc(N2CCC(N3CCOCC3)C2)c(Br)c1. The Morgan fingerprint density at radius 3 is 2.71 bits per heavy atom. The van der Waals surface area contributed by atoms with Gasteiger partial charge in [0, 0.05) is 42.7 Å². The second-order valence-electron chi connectivity index (χ2n) is 6.04. The number of rotatable bonds is 3. The Bertz CT molecular complexity index is 488. The Morgan fingerprint density at radius 1 is 1.29 bits per heavy atom. The van der Waals surface area contributed by atoms with Gasteiger partial charge in [-0.1, -0.05) is 6.07 Å². The third-order valence-electron chi connectivity index (χ3n) is 4.56. The van der Waals surface area contributed by atoms with Gasteiger partial charge in [-0.25, -0.2) is 0 Å². The van der Waals surface area contributed by atoms with E-state index in [-0.39, 0.29) is 6.04 Å². The van der Waals surface area contributed by atoms with Crippen LogP contribution in [-0.4, -0.2) is 50.3 Å². The normalized spacial score (nSPS) is 25.3. The molecule has 0 aliphatic carbocycles. The fraction of sp³-hybridized carbons (Fsp3) is 0.625. The highest BCUT2D eigenvalue weighted by Crippen LogP contribution is 2.32. The number of benzene rings is 1. The fourth-order valence-electron chi connectivity index (χ4n) is 3.26.